The highest BCUT2D eigenvalue weighted by molar-refractivity contribution is 7.10. The van der Waals surface area contributed by atoms with Crippen molar-refractivity contribution in [1.82, 2.24) is 4.90 Å². The third-order valence-corrected chi connectivity index (χ3v) is 5.09. The normalized spacial score (nSPS) is 17.7. The molecule has 2 aromatic rings. The highest BCUT2D eigenvalue weighted by atomic mass is 35.5. The Bertz CT molecular complexity index is 662. The summed E-state index contributed by atoms with van der Waals surface area (Å²) < 4.78 is 13.8. The molecule has 1 atom stereocenters. The predicted octanol–water partition coefficient (Wildman–Crippen LogP) is 4.32. The zero-order valence-electron chi connectivity index (χ0n) is 11.9. The molecular formula is C16H16ClFN2OS. The van der Waals surface area contributed by atoms with E-state index in [1.54, 1.807) is 23.5 Å². The summed E-state index contributed by atoms with van der Waals surface area (Å²) in [5, 5.41) is 4.92. The first-order valence-electron chi connectivity index (χ1n) is 7.17. The van der Waals surface area contributed by atoms with Crippen LogP contribution in [0.4, 0.5) is 10.1 Å². The van der Waals surface area contributed by atoms with Crippen LogP contribution in [0.3, 0.4) is 0 Å². The summed E-state index contributed by atoms with van der Waals surface area (Å²) in [6, 6.07) is 8.93. The number of hydrogen-bond acceptors (Lipinski definition) is 3. The molecule has 0 bridgehead atoms. The average molecular weight is 339 g/mol. The topological polar surface area (TPSA) is 32.3 Å². The standard InChI is InChI=1S/C16H16ClFN2OS/c17-11-4-1-5-12(16(11)18)19-10-15(21)20-8-2-6-13(20)14-7-3-9-22-14/h1,3-5,7,9,13,19H,2,6,8,10H2/t13-/m1/s1. The predicted molar refractivity (Wildman–Crippen MR) is 87.9 cm³/mol. The Kier molecular flexibility index (Phi) is 4.64. The minimum atomic E-state index is -0.520. The maximum Gasteiger partial charge on any atom is 0.242 e. The molecule has 3 nitrogen and oxygen atoms in total. The van der Waals surface area contributed by atoms with Crippen molar-refractivity contribution in [3.63, 3.8) is 0 Å². The largest absolute Gasteiger partial charge is 0.374 e. The van der Waals surface area contributed by atoms with E-state index < -0.39 is 5.82 Å². The number of amides is 1. The summed E-state index contributed by atoms with van der Waals surface area (Å²) >= 11 is 7.41. The molecule has 1 fully saturated rings. The molecule has 1 aromatic carbocycles. The minimum absolute atomic E-state index is 0.0183. The van der Waals surface area contributed by atoms with Crippen molar-refractivity contribution in [2.45, 2.75) is 18.9 Å². The van der Waals surface area contributed by atoms with Gasteiger partial charge in [0.05, 0.1) is 23.3 Å². The highest BCUT2D eigenvalue weighted by Crippen LogP contribution is 2.34. The van der Waals surface area contributed by atoms with E-state index in [9.17, 15) is 9.18 Å². The zero-order valence-corrected chi connectivity index (χ0v) is 13.5. The Labute approximate surface area is 137 Å². The Morgan fingerprint density at radius 2 is 2.27 bits per heavy atom. The lowest BCUT2D eigenvalue weighted by atomic mass is 10.2. The molecule has 0 unspecified atom stereocenters. The minimum Gasteiger partial charge on any atom is -0.374 e. The molecule has 1 aliphatic heterocycles. The van der Waals surface area contributed by atoms with E-state index in [1.807, 2.05) is 16.3 Å². The molecule has 0 radical (unpaired) electrons. The van der Waals surface area contributed by atoms with Gasteiger partial charge in [-0.1, -0.05) is 23.7 Å². The molecule has 1 aliphatic rings. The number of thiophene rings is 1. The molecule has 1 aromatic heterocycles. The molecule has 22 heavy (non-hydrogen) atoms. The molecule has 6 heteroatoms. The molecule has 0 aliphatic carbocycles. The molecule has 0 spiro atoms. The SMILES string of the molecule is O=C(CNc1cccc(Cl)c1F)N1CCC[C@@H]1c1cccs1. The van der Waals surface area contributed by atoms with E-state index in [2.05, 4.69) is 11.4 Å². The number of anilines is 1. The Morgan fingerprint density at radius 3 is 3.05 bits per heavy atom. The Hall–Kier alpha value is -1.59. The van der Waals surface area contributed by atoms with Crippen LogP contribution in [-0.4, -0.2) is 23.9 Å². The smallest absolute Gasteiger partial charge is 0.242 e. The maximum atomic E-state index is 13.8. The van der Waals surface area contributed by atoms with E-state index >= 15 is 0 Å². The molecule has 1 saturated heterocycles. The van der Waals surface area contributed by atoms with Crippen molar-refractivity contribution in [2.75, 3.05) is 18.4 Å². The van der Waals surface area contributed by atoms with Crippen molar-refractivity contribution in [2.24, 2.45) is 0 Å². The number of benzene rings is 1. The van der Waals surface area contributed by atoms with Gasteiger partial charge in [0.25, 0.3) is 0 Å². The number of rotatable bonds is 4. The van der Waals surface area contributed by atoms with Crippen LogP contribution >= 0.6 is 22.9 Å². The summed E-state index contributed by atoms with van der Waals surface area (Å²) in [5.74, 6) is -0.538. The summed E-state index contributed by atoms with van der Waals surface area (Å²) in [7, 11) is 0. The van der Waals surface area contributed by atoms with Gasteiger partial charge in [0.1, 0.15) is 0 Å². The molecule has 2 heterocycles. The first-order valence-corrected chi connectivity index (χ1v) is 8.43. The fourth-order valence-electron chi connectivity index (χ4n) is 2.75. The van der Waals surface area contributed by atoms with Crippen LogP contribution in [0.1, 0.15) is 23.8 Å². The van der Waals surface area contributed by atoms with Crippen LogP contribution in [0.2, 0.25) is 5.02 Å². The van der Waals surface area contributed by atoms with Crippen LogP contribution in [0.25, 0.3) is 0 Å². The van der Waals surface area contributed by atoms with Crippen LogP contribution in [-0.2, 0) is 4.79 Å². The van der Waals surface area contributed by atoms with Gasteiger partial charge in [-0.05, 0) is 36.4 Å². The fraction of sp³-hybridized carbons (Fsp3) is 0.312. The quantitative estimate of drug-likeness (QED) is 0.900. The summed E-state index contributed by atoms with van der Waals surface area (Å²) in [5.41, 5.74) is 0.257. The van der Waals surface area contributed by atoms with E-state index in [1.165, 1.54) is 10.9 Å². The Morgan fingerprint density at radius 1 is 1.41 bits per heavy atom. The number of carbonyl (C=O) groups excluding carboxylic acids is 1. The fourth-order valence-corrected chi connectivity index (χ4v) is 3.80. The van der Waals surface area contributed by atoms with Crippen LogP contribution < -0.4 is 5.32 Å². The summed E-state index contributed by atoms with van der Waals surface area (Å²) in [6.07, 6.45) is 1.98. The number of nitrogens with one attached hydrogen (secondary N) is 1. The lowest BCUT2D eigenvalue weighted by Gasteiger charge is -2.24. The molecule has 1 amide bonds. The van der Waals surface area contributed by atoms with Gasteiger partial charge < -0.3 is 10.2 Å². The number of nitrogens with zero attached hydrogens (tertiary/aromatic N) is 1. The van der Waals surface area contributed by atoms with Crippen molar-refractivity contribution in [3.05, 3.63) is 51.4 Å². The summed E-state index contributed by atoms with van der Waals surface area (Å²) in [6.45, 7) is 0.820. The number of halogens is 2. The van der Waals surface area contributed by atoms with Gasteiger partial charge in [0.15, 0.2) is 5.82 Å². The summed E-state index contributed by atoms with van der Waals surface area (Å²) in [4.78, 5) is 15.5. The lowest BCUT2D eigenvalue weighted by Crippen LogP contribution is -2.35. The molecular weight excluding hydrogens is 323 g/mol. The molecule has 0 saturated carbocycles. The third kappa shape index (κ3) is 3.10. The first kappa shape index (κ1) is 15.3. The van der Waals surface area contributed by atoms with E-state index in [0.29, 0.717) is 0 Å². The zero-order chi connectivity index (χ0) is 15.5. The van der Waals surface area contributed by atoms with E-state index in [4.69, 9.17) is 11.6 Å². The van der Waals surface area contributed by atoms with Crippen LogP contribution in [0, 0.1) is 5.82 Å². The molecule has 3 rings (SSSR count). The van der Waals surface area contributed by atoms with Crippen molar-refractivity contribution in [3.8, 4) is 0 Å². The Balaban J connectivity index is 1.65. The van der Waals surface area contributed by atoms with Crippen molar-refractivity contribution < 1.29 is 9.18 Å². The molecule has 1 N–H and O–H groups in total. The third-order valence-electron chi connectivity index (χ3n) is 3.83. The average Bonchev–Trinajstić information content (AvgIpc) is 3.18. The first-order chi connectivity index (χ1) is 10.7. The monoisotopic (exact) mass is 338 g/mol. The van der Waals surface area contributed by atoms with Gasteiger partial charge >= 0.3 is 0 Å². The lowest BCUT2D eigenvalue weighted by molar-refractivity contribution is -0.130. The van der Waals surface area contributed by atoms with Gasteiger partial charge in [0, 0.05) is 11.4 Å². The van der Waals surface area contributed by atoms with Crippen molar-refractivity contribution >= 4 is 34.5 Å². The maximum absolute atomic E-state index is 13.8. The van der Waals surface area contributed by atoms with E-state index in [0.717, 1.165) is 19.4 Å². The van der Waals surface area contributed by atoms with Crippen molar-refractivity contribution in [1.29, 1.82) is 0 Å². The second kappa shape index (κ2) is 6.67. The van der Waals surface area contributed by atoms with Gasteiger partial charge in [-0.2, -0.15) is 0 Å². The number of carbonyl (C=O) groups is 1. The highest BCUT2D eigenvalue weighted by Gasteiger charge is 2.30. The van der Waals surface area contributed by atoms with Gasteiger partial charge in [-0.3, -0.25) is 4.79 Å². The second-order valence-electron chi connectivity index (χ2n) is 5.22. The number of hydrogen-bond donors (Lipinski definition) is 1. The van der Waals surface area contributed by atoms with Gasteiger partial charge in [-0.15, -0.1) is 11.3 Å². The number of likely N-dealkylation sites (tertiary alicyclic amines) is 1. The van der Waals surface area contributed by atoms with E-state index in [-0.39, 0.29) is 29.2 Å². The van der Waals surface area contributed by atoms with Gasteiger partial charge in [0.2, 0.25) is 5.91 Å². The second-order valence-corrected chi connectivity index (χ2v) is 6.60. The van der Waals surface area contributed by atoms with Crippen LogP contribution in [0.5, 0.6) is 0 Å². The van der Waals surface area contributed by atoms with Crippen LogP contribution in [0.15, 0.2) is 35.7 Å². The molecule has 116 valence electrons. The van der Waals surface area contributed by atoms with Gasteiger partial charge in [-0.25, -0.2) is 4.39 Å².